The minimum Gasteiger partial charge on any atom is -0.286 e. The molecule has 0 rings (SSSR count). The summed E-state index contributed by atoms with van der Waals surface area (Å²) in [6.45, 7) is 0. The third-order valence-corrected chi connectivity index (χ3v) is 0. The third kappa shape index (κ3) is 705. The molecule has 0 atom stereocenters. The first-order chi connectivity index (χ1) is 6.00. The van der Waals surface area contributed by atoms with Crippen molar-refractivity contribution < 1.29 is 121 Å². The summed E-state index contributed by atoms with van der Waals surface area (Å²) in [6, 6.07) is 0. The summed E-state index contributed by atoms with van der Waals surface area (Å²) in [5.41, 5.74) is 0. The smallest absolute Gasteiger partial charge is 0.286 e. The zero-order valence-electron chi connectivity index (χ0n) is 6.39. The maximum absolute atomic E-state index is 8.62. The van der Waals surface area contributed by atoms with Crippen LogP contribution >= 0.6 is 0 Å². The molecular weight excluding hydrogens is 674 g/mol. The van der Waals surface area contributed by atoms with Crippen molar-refractivity contribution >= 4 is 0 Å². The van der Waals surface area contributed by atoms with E-state index in [1.807, 2.05) is 0 Å². The molecule has 0 aliphatic carbocycles. The van der Waals surface area contributed by atoms with Gasteiger partial charge in [0.1, 0.15) is 60.3 Å². The topological polar surface area (TPSA) is 277 Å². The first kappa shape index (κ1) is 26.8. The van der Waals surface area contributed by atoms with E-state index in [2.05, 4.69) is 0 Å². The van der Waals surface area contributed by atoms with Crippen molar-refractivity contribution in [3.63, 3.8) is 0 Å². The Morgan fingerprint density at radius 3 is 0.312 bits per heavy atom. The Morgan fingerprint density at radius 1 is 0.312 bits per heavy atom. The van der Waals surface area contributed by atoms with Crippen LogP contribution in [0.15, 0.2) is 0 Å². The molecule has 0 aliphatic rings. The van der Waals surface area contributed by atoms with Crippen molar-refractivity contribution in [3.8, 4) is 0 Å². The monoisotopic (exact) mass is 675 g/mol. The summed E-state index contributed by atoms with van der Waals surface area (Å²) in [7, 11) is 0. The quantitative estimate of drug-likeness (QED) is 0.171. The van der Waals surface area contributed by atoms with Crippen LogP contribution in [0.1, 0.15) is 0 Å². The molecule has 0 aromatic carbocycles. The van der Waals surface area contributed by atoms with E-state index < -0.39 is 60.3 Å². The van der Waals surface area contributed by atoms with Gasteiger partial charge in [-0.05, 0) is 0 Å². The van der Waals surface area contributed by atoms with Crippen molar-refractivity contribution in [1.82, 2.24) is 0 Å². The first-order valence-electron chi connectivity index (χ1n) is 1.85. The Balaban J connectivity index is -0.0000000655. The summed E-state index contributed by atoms with van der Waals surface area (Å²) < 4.78 is 103. The van der Waals surface area contributed by atoms with Gasteiger partial charge in [0.05, 0.1) is 0 Å². The van der Waals surface area contributed by atoms with Crippen molar-refractivity contribution in [2.75, 3.05) is 0 Å². The Kier molecular flexibility index (Phi) is 18.7. The number of hydrogen-bond donors (Lipinski definition) is 0. The van der Waals surface area contributed by atoms with E-state index in [9.17, 15) is 0 Å². The largest absolute Gasteiger partial charge is 3.00 e. The van der Waals surface area contributed by atoms with Crippen molar-refractivity contribution in [3.05, 3.63) is 0 Å². The van der Waals surface area contributed by atoms with Gasteiger partial charge in [0.2, 0.25) is 0 Å². The van der Waals surface area contributed by atoms with Crippen molar-refractivity contribution in [2.24, 2.45) is 0 Å². The van der Waals surface area contributed by atoms with Crippen LogP contribution in [0.2, 0.25) is 0 Å². The van der Waals surface area contributed by atoms with Crippen LogP contribution in [0.25, 0.3) is 0 Å². The summed E-state index contributed by atoms with van der Waals surface area (Å²) >= 11 is -17.8. The van der Waals surface area contributed by atoms with Gasteiger partial charge in [-0.15, -0.1) is 0 Å². The predicted octanol–water partition coefficient (Wildman–Crippen LogP) is -23.3. The molecule has 1 radical (unpaired) electrons. The predicted molar refractivity (Wildman–Crippen MR) is 0 cm³/mol. The average molecular weight is 674 g/mol. The molecule has 101 valence electrons. The summed E-state index contributed by atoms with van der Waals surface area (Å²) in [6.07, 6.45) is 0. The molecule has 0 aliphatic heterocycles. The van der Waals surface area contributed by atoms with E-state index in [4.69, 9.17) is 41.2 Å². The van der Waals surface area contributed by atoms with Gasteiger partial charge in [0, 0.05) is 0 Å². The summed E-state index contributed by atoms with van der Waals surface area (Å²) in [5, 5.41) is 0. The fraction of sp³-hybridized carbons (Fsp3) is 0. The summed E-state index contributed by atoms with van der Waals surface area (Å²) in [4.78, 5) is 0. The maximum Gasteiger partial charge on any atom is 3.00 e. The van der Waals surface area contributed by atoms with Crippen LogP contribution in [0, 0.1) is 0 Å². The molecular formula is I3O12Ru. The molecule has 0 saturated heterocycles. The number of rotatable bonds is 0. The van der Waals surface area contributed by atoms with E-state index >= 15 is 0 Å². The van der Waals surface area contributed by atoms with E-state index in [0.717, 1.165) is 0 Å². The van der Waals surface area contributed by atoms with Crippen molar-refractivity contribution in [2.45, 2.75) is 0 Å². The molecule has 0 unspecified atom stereocenters. The van der Waals surface area contributed by atoms with Crippen LogP contribution in [-0.4, -0.2) is 0 Å². The average Bonchev–Trinajstić information content (AvgIpc) is 1.41. The standard InChI is InChI=1S/3IO4.Ru/c3*2-1(3,4)5;/q3*-1;+3. The second-order valence-corrected chi connectivity index (χ2v) is 7.61. The SMILES string of the molecule is [O-][I+3]([O-])([O-])[O-].[O-][I+3]([O-])([O-])[O-].[O-][I+3]([O-])([O-])[O-].[Ru+3]. The zero-order valence-corrected chi connectivity index (χ0v) is 14.6. The van der Waals surface area contributed by atoms with E-state index in [-0.39, 0.29) is 19.5 Å². The minimum atomic E-state index is -5.94. The molecule has 0 aromatic rings. The minimum absolute atomic E-state index is 0. The van der Waals surface area contributed by atoms with Gasteiger partial charge in [-0.1, -0.05) is 0 Å². The van der Waals surface area contributed by atoms with Crippen LogP contribution in [0.3, 0.4) is 0 Å². The number of hydrogen-bond acceptors (Lipinski definition) is 12. The van der Waals surface area contributed by atoms with Crippen LogP contribution in [-0.2, 0) is 19.5 Å². The molecule has 0 bridgehead atoms. The Labute approximate surface area is 119 Å². The Bertz CT molecular complexity index is 91.3. The maximum atomic E-state index is 8.62. The molecule has 16 heteroatoms. The molecule has 0 amide bonds. The third-order valence-electron chi connectivity index (χ3n) is 0. The zero-order chi connectivity index (χ0) is 13.5. The molecule has 0 saturated carbocycles. The normalized spacial score (nSPS) is 11.2. The van der Waals surface area contributed by atoms with Gasteiger partial charge in [-0.25, -0.2) is 0 Å². The van der Waals surface area contributed by atoms with Gasteiger partial charge < -0.3 is 0 Å². The van der Waals surface area contributed by atoms with E-state index in [0.29, 0.717) is 0 Å². The molecule has 16 heavy (non-hydrogen) atoms. The molecule has 0 aromatic heterocycles. The molecule has 0 spiro atoms. The van der Waals surface area contributed by atoms with E-state index in [1.165, 1.54) is 0 Å². The van der Waals surface area contributed by atoms with Crippen LogP contribution < -0.4 is 102 Å². The summed E-state index contributed by atoms with van der Waals surface area (Å²) in [5.74, 6) is 0. The van der Waals surface area contributed by atoms with Gasteiger partial charge >= 0.3 is 19.5 Å². The van der Waals surface area contributed by atoms with Gasteiger partial charge in [-0.2, -0.15) is 0 Å². The molecule has 12 nitrogen and oxygen atoms in total. The van der Waals surface area contributed by atoms with Crippen LogP contribution in [0.5, 0.6) is 0 Å². The van der Waals surface area contributed by atoms with Gasteiger partial charge in [0.15, 0.2) is 0 Å². The Hall–Kier alpha value is 2.33. The number of halogens is 3. The van der Waals surface area contributed by atoms with Crippen molar-refractivity contribution in [1.29, 1.82) is 0 Å². The fourth-order valence-corrected chi connectivity index (χ4v) is 0. The molecule has 0 heterocycles. The first-order valence-corrected chi connectivity index (χ1v) is 12.4. The second kappa shape index (κ2) is 11.2. The molecule has 0 fully saturated rings. The fourth-order valence-electron chi connectivity index (χ4n) is 0. The Morgan fingerprint density at radius 2 is 0.312 bits per heavy atom. The van der Waals surface area contributed by atoms with Gasteiger partial charge in [0.25, 0.3) is 0 Å². The second-order valence-electron chi connectivity index (χ2n) is 1.13. The van der Waals surface area contributed by atoms with Gasteiger partial charge in [-0.3, -0.25) is 41.2 Å². The van der Waals surface area contributed by atoms with E-state index in [1.54, 1.807) is 0 Å². The van der Waals surface area contributed by atoms with Crippen LogP contribution in [0.4, 0.5) is 0 Å². The molecule has 0 N–H and O–H groups in total.